The highest BCUT2D eigenvalue weighted by Gasteiger charge is 2.35. The summed E-state index contributed by atoms with van der Waals surface area (Å²) in [5.41, 5.74) is 5.67. The number of hydrogen-bond acceptors (Lipinski definition) is 4. The maximum absolute atomic E-state index is 12.4. The van der Waals surface area contributed by atoms with E-state index in [0.29, 0.717) is 17.7 Å². The molecular formula is C22H20N4O2. The number of rotatable bonds is 4. The van der Waals surface area contributed by atoms with Crippen molar-refractivity contribution in [2.45, 2.75) is 27.3 Å². The van der Waals surface area contributed by atoms with Gasteiger partial charge in [-0.25, -0.2) is 0 Å². The number of aryl methyl sites for hydroxylation is 2. The Morgan fingerprint density at radius 2 is 1.54 bits per heavy atom. The van der Waals surface area contributed by atoms with Gasteiger partial charge in [-0.2, -0.15) is 15.2 Å². The monoisotopic (exact) mass is 372 g/mol. The van der Waals surface area contributed by atoms with Crippen LogP contribution in [0.4, 0.5) is 0 Å². The van der Waals surface area contributed by atoms with E-state index in [0.717, 1.165) is 27.5 Å². The van der Waals surface area contributed by atoms with E-state index in [2.05, 4.69) is 41.4 Å². The van der Waals surface area contributed by atoms with Gasteiger partial charge in [-0.05, 0) is 38.5 Å². The predicted octanol–water partition coefficient (Wildman–Crippen LogP) is 3.49. The number of fused-ring (bicyclic) bond motifs is 1. The van der Waals surface area contributed by atoms with Gasteiger partial charge in [0.1, 0.15) is 0 Å². The second kappa shape index (κ2) is 6.88. The number of nitrogens with zero attached hydrogens (tertiary/aromatic N) is 4. The van der Waals surface area contributed by atoms with E-state index in [9.17, 15) is 9.59 Å². The Morgan fingerprint density at radius 3 is 2.14 bits per heavy atom. The Kier molecular flexibility index (Phi) is 4.39. The van der Waals surface area contributed by atoms with Crippen molar-refractivity contribution in [3.63, 3.8) is 0 Å². The van der Waals surface area contributed by atoms with Gasteiger partial charge in [0.05, 0.1) is 29.6 Å². The highest BCUT2D eigenvalue weighted by atomic mass is 16.2. The number of imide groups is 1. The van der Waals surface area contributed by atoms with Crippen LogP contribution >= 0.6 is 0 Å². The summed E-state index contributed by atoms with van der Waals surface area (Å²) in [4.78, 5) is 24.9. The topological polar surface area (TPSA) is 67.6 Å². The normalized spacial score (nSPS) is 13.6. The summed E-state index contributed by atoms with van der Waals surface area (Å²) in [6, 6.07) is 15.1. The van der Waals surface area contributed by atoms with E-state index in [1.54, 1.807) is 30.5 Å². The van der Waals surface area contributed by atoms with Crippen molar-refractivity contribution in [2.75, 3.05) is 0 Å². The van der Waals surface area contributed by atoms with Crippen molar-refractivity contribution in [2.24, 2.45) is 5.10 Å². The second-order valence-corrected chi connectivity index (χ2v) is 6.94. The molecule has 6 heteroatoms. The van der Waals surface area contributed by atoms with Gasteiger partial charge in [0.15, 0.2) is 0 Å². The minimum absolute atomic E-state index is 0.383. The first-order valence-corrected chi connectivity index (χ1v) is 9.07. The third-order valence-electron chi connectivity index (χ3n) is 4.97. The van der Waals surface area contributed by atoms with Gasteiger partial charge in [-0.3, -0.25) is 14.3 Å². The average Bonchev–Trinajstić information content (AvgIpc) is 3.09. The number of benzene rings is 2. The highest BCUT2D eigenvalue weighted by Crippen LogP contribution is 2.23. The van der Waals surface area contributed by atoms with Gasteiger partial charge >= 0.3 is 0 Å². The van der Waals surface area contributed by atoms with Crippen LogP contribution in [0.3, 0.4) is 0 Å². The maximum Gasteiger partial charge on any atom is 0.282 e. The zero-order valence-electron chi connectivity index (χ0n) is 16.0. The van der Waals surface area contributed by atoms with Crippen molar-refractivity contribution in [1.29, 1.82) is 0 Å². The van der Waals surface area contributed by atoms with E-state index in [1.807, 2.05) is 18.5 Å². The van der Waals surface area contributed by atoms with Crippen LogP contribution in [0.25, 0.3) is 0 Å². The average molecular weight is 372 g/mol. The predicted molar refractivity (Wildman–Crippen MR) is 107 cm³/mol. The van der Waals surface area contributed by atoms with Crippen LogP contribution in [-0.2, 0) is 6.54 Å². The van der Waals surface area contributed by atoms with Crippen LogP contribution < -0.4 is 0 Å². The molecule has 1 aliphatic rings. The number of carbonyl (C=O) groups is 2. The molecule has 0 radical (unpaired) electrons. The summed E-state index contributed by atoms with van der Waals surface area (Å²) >= 11 is 0. The lowest BCUT2D eigenvalue weighted by Gasteiger charge is -2.06. The first-order chi connectivity index (χ1) is 13.5. The molecule has 0 unspecified atom stereocenters. The van der Waals surface area contributed by atoms with Crippen LogP contribution in [0.2, 0.25) is 0 Å². The molecular weight excluding hydrogens is 352 g/mol. The number of hydrogen-bond donors (Lipinski definition) is 0. The van der Waals surface area contributed by atoms with E-state index >= 15 is 0 Å². The van der Waals surface area contributed by atoms with E-state index in [4.69, 9.17) is 0 Å². The SMILES string of the molecule is Cc1ccc(Cn2nc(C)c(/C=N\N3C(=O)c4ccccc4C3=O)c2C)cc1. The van der Waals surface area contributed by atoms with Gasteiger partial charge in [0.25, 0.3) is 11.8 Å². The number of aromatic nitrogens is 2. The van der Waals surface area contributed by atoms with E-state index < -0.39 is 11.8 Å². The van der Waals surface area contributed by atoms with Gasteiger partial charge in [0.2, 0.25) is 0 Å². The molecule has 0 aliphatic carbocycles. The molecule has 2 amide bonds. The summed E-state index contributed by atoms with van der Waals surface area (Å²) in [5, 5.41) is 9.68. The molecule has 6 nitrogen and oxygen atoms in total. The zero-order valence-corrected chi connectivity index (χ0v) is 16.0. The molecule has 1 aliphatic heterocycles. The zero-order chi connectivity index (χ0) is 19.8. The Morgan fingerprint density at radius 1 is 0.929 bits per heavy atom. The van der Waals surface area contributed by atoms with Crippen LogP contribution in [0.15, 0.2) is 53.6 Å². The number of hydrazone groups is 1. The highest BCUT2D eigenvalue weighted by molar-refractivity contribution is 6.21. The number of carbonyl (C=O) groups excluding carboxylic acids is 2. The lowest BCUT2D eigenvalue weighted by Crippen LogP contribution is -2.24. The van der Waals surface area contributed by atoms with Crippen molar-refractivity contribution >= 4 is 18.0 Å². The van der Waals surface area contributed by atoms with E-state index in [1.165, 1.54) is 5.56 Å². The minimum Gasteiger partial charge on any atom is -0.267 e. The lowest BCUT2D eigenvalue weighted by molar-refractivity contribution is 0.0660. The van der Waals surface area contributed by atoms with Crippen molar-refractivity contribution in [3.8, 4) is 0 Å². The Balaban J connectivity index is 1.59. The summed E-state index contributed by atoms with van der Waals surface area (Å²) in [7, 11) is 0. The molecule has 0 saturated heterocycles. The standard InChI is InChI=1S/C22H20N4O2/c1-14-8-10-17(11-9-14)13-25-16(3)20(15(2)24-25)12-23-26-21(27)18-6-4-5-7-19(18)22(26)28/h4-12H,13H2,1-3H3/b23-12-. The fourth-order valence-electron chi connectivity index (χ4n) is 3.31. The number of amides is 2. The summed E-state index contributed by atoms with van der Waals surface area (Å²) in [6.07, 6.45) is 1.55. The van der Waals surface area contributed by atoms with Crippen molar-refractivity contribution in [1.82, 2.24) is 14.8 Å². The van der Waals surface area contributed by atoms with Gasteiger partial charge in [-0.1, -0.05) is 42.0 Å². The van der Waals surface area contributed by atoms with Crippen LogP contribution in [0, 0.1) is 20.8 Å². The Hall–Kier alpha value is -3.54. The molecule has 0 saturated carbocycles. The third kappa shape index (κ3) is 3.03. The molecule has 4 rings (SSSR count). The van der Waals surface area contributed by atoms with Crippen LogP contribution in [0.5, 0.6) is 0 Å². The third-order valence-corrected chi connectivity index (χ3v) is 4.97. The lowest BCUT2D eigenvalue weighted by atomic mass is 10.1. The molecule has 2 aromatic carbocycles. The summed E-state index contributed by atoms with van der Waals surface area (Å²) in [6.45, 7) is 6.55. The second-order valence-electron chi connectivity index (χ2n) is 6.94. The molecule has 0 atom stereocenters. The van der Waals surface area contributed by atoms with Crippen molar-refractivity contribution in [3.05, 3.63) is 87.7 Å². The molecule has 140 valence electrons. The van der Waals surface area contributed by atoms with E-state index in [-0.39, 0.29) is 0 Å². The van der Waals surface area contributed by atoms with Crippen LogP contribution in [-0.4, -0.2) is 32.8 Å². The molecule has 0 bridgehead atoms. The molecule has 2 heterocycles. The Bertz CT molecular complexity index is 1080. The minimum atomic E-state index is -0.404. The van der Waals surface area contributed by atoms with Crippen LogP contribution in [0.1, 0.15) is 48.8 Å². The maximum atomic E-state index is 12.4. The molecule has 0 fully saturated rings. The quantitative estimate of drug-likeness (QED) is 0.520. The molecule has 0 N–H and O–H groups in total. The summed E-state index contributed by atoms with van der Waals surface area (Å²) < 4.78 is 1.91. The fourth-order valence-corrected chi connectivity index (χ4v) is 3.31. The smallest absolute Gasteiger partial charge is 0.267 e. The molecule has 1 aromatic heterocycles. The molecule has 28 heavy (non-hydrogen) atoms. The van der Waals surface area contributed by atoms with Crippen molar-refractivity contribution < 1.29 is 9.59 Å². The first kappa shape index (κ1) is 17.9. The van der Waals surface area contributed by atoms with Gasteiger partial charge in [0, 0.05) is 11.3 Å². The molecule has 0 spiro atoms. The summed E-state index contributed by atoms with van der Waals surface area (Å²) in [5.74, 6) is -0.807. The Labute approximate surface area is 163 Å². The van der Waals surface area contributed by atoms with Gasteiger partial charge in [-0.15, -0.1) is 0 Å². The first-order valence-electron chi connectivity index (χ1n) is 9.07. The fraction of sp³-hybridized carbons (Fsp3) is 0.182. The van der Waals surface area contributed by atoms with Gasteiger partial charge < -0.3 is 0 Å². The molecule has 3 aromatic rings. The largest absolute Gasteiger partial charge is 0.282 e.